The third-order valence-electron chi connectivity index (χ3n) is 5.03. The van der Waals surface area contributed by atoms with Gasteiger partial charge in [-0.25, -0.2) is 18.4 Å². The van der Waals surface area contributed by atoms with E-state index in [2.05, 4.69) is 26.2 Å². The number of fused-ring (bicyclic) bond motifs is 1. The Morgan fingerprint density at radius 3 is 2.53 bits per heavy atom. The molecule has 3 heterocycles. The van der Waals surface area contributed by atoms with Gasteiger partial charge in [0.2, 0.25) is 0 Å². The molecule has 11 heteroatoms. The lowest BCUT2D eigenvalue weighted by Crippen LogP contribution is -1.92. The molecular weight excluding hydrogens is 513 g/mol. The monoisotopic (exact) mass is 529 g/mol. The Morgan fingerprint density at radius 2 is 1.79 bits per heavy atom. The van der Waals surface area contributed by atoms with E-state index < -0.39 is 9.84 Å². The second kappa shape index (κ2) is 9.91. The van der Waals surface area contributed by atoms with Crippen molar-refractivity contribution in [2.45, 2.75) is 4.21 Å². The number of thiophene rings is 1. The molecule has 5 aromatic rings. The normalized spacial score (nSPS) is 10.8. The summed E-state index contributed by atoms with van der Waals surface area (Å²) >= 11 is 1.19. The van der Waals surface area contributed by atoms with Crippen molar-refractivity contribution in [1.29, 1.82) is 5.26 Å². The Bertz CT molecular complexity index is 1640. The topological polar surface area (TPSA) is 112 Å². The van der Waals surface area contributed by atoms with Crippen LogP contribution in [0.4, 0.5) is 0 Å². The highest BCUT2D eigenvalue weighted by Gasteiger charge is 2.16. The zero-order valence-corrected chi connectivity index (χ0v) is 20.9. The first-order chi connectivity index (χ1) is 15.4. The Labute approximate surface area is 212 Å². The van der Waals surface area contributed by atoms with Gasteiger partial charge in [0.1, 0.15) is 10.5 Å². The number of halogens is 2. The van der Waals surface area contributed by atoms with Crippen LogP contribution in [-0.4, -0.2) is 34.8 Å². The van der Waals surface area contributed by atoms with Crippen molar-refractivity contribution in [3.63, 3.8) is 0 Å². The molecule has 0 amide bonds. The molecular formula is C23H17Cl2N5O2S2. The number of aromatic nitrogens is 4. The minimum atomic E-state index is -3.29. The summed E-state index contributed by atoms with van der Waals surface area (Å²) in [5.74, 6) is 0. The van der Waals surface area contributed by atoms with E-state index in [1.54, 1.807) is 24.3 Å². The van der Waals surface area contributed by atoms with Crippen LogP contribution in [0.2, 0.25) is 0 Å². The minimum Gasteiger partial charge on any atom is -0.284 e. The molecule has 5 rings (SSSR count). The summed E-state index contributed by atoms with van der Waals surface area (Å²) in [6.45, 7) is 0. The fourth-order valence-electron chi connectivity index (χ4n) is 3.53. The third-order valence-corrected chi connectivity index (χ3v) is 7.94. The number of sulfone groups is 1. The number of benzene rings is 2. The van der Waals surface area contributed by atoms with Gasteiger partial charge in [-0.3, -0.25) is 5.10 Å². The standard InChI is InChI=1S/C23H15N5O2S2.2ClH/c1-32(29,30)21-8-7-20(31-21)23-17-10-15(5-6-19(17)25-13-26-23)18-12-27-28-22(18)16-4-2-3-14(9-16)11-24;;/h2-10,12-13H,1H3,(H,27,28);2*1H. The Hall–Kier alpha value is -3.29. The lowest BCUT2D eigenvalue weighted by atomic mass is 9.99. The number of hydrogen-bond acceptors (Lipinski definition) is 7. The molecule has 1 N–H and O–H groups in total. The quantitative estimate of drug-likeness (QED) is 0.327. The largest absolute Gasteiger partial charge is 0.284 e. The zero-order valence-electron chi connectivity index (χ0n) is 17.6. The van der Waals surface area contributed by atoms with Gasteiger partial charge in [0, 0.05) is 29.0 Å². The molecule has 0 aliphatic rings. The van der Waals surface area contributed by atoms with Crippen molar-refractivity contribution < 1.29 is 8.42 Å². The average Bonchev–Trinajstić information content (AvgIpc) is 3.48. The van der Waals surface area contributed by atoms with Gasteiger partial charge < -0.3 is 0 Å². The average molecular weight is 530 g/mol. The van der Waals surface area contributed by atoms with Crippen LogP contribution in [0.15, 0.2) is 71.3 Å². The Balaban J connectivity index is 0.00000162. The maximum absolute atomic E-state index is 11.9. The first-order valence-electron chi connectivity index (χ1n) is 9.54. The lowest BCUT2D eigenvalue weighted by molar-refractivity contribution is 0.604. The number of nitrogens with zero attached hydrogens (tertiary/aromatic N) is 4. The van der Waals surface area contributed by atoms with E-state index in [0.29, 0.717) is 15.5 Å². The highest BCUT2D eigenvalue weighted by molar-refractivity contribution is 7.92. The molecule has 0 aliphatic heterocycles. The van der Waals surface area contributed by atoms with Crippen molar-refractivity contribution in [3.05, 3.63) is 72.7 Å². The summed E-state index contributed by atoms with van der Waals surface area (Å²) in [5.41, 5.74) is 5.33. The van der Waals surface area contributed by atoms with E-state index in [0.717, 1.165) is 38.2 Å². The molecule has 3 aromatic heterocycles. The molecule has 2 aromatic carbocycles. The Kier molecular flexibility index (Phi) is 7.38. The highest BCUT2D eigenvalue weighted by atomic mass is 35.5. The van der Waals surface area contributed by atoms with Gasteiger partial charge in [-0.05, 0) is 42.0 Å². The second-order valence-electron chi connectivity index (χ2n) is 7.19. The molecule has 0 spiro atoms. The molecule has 0 unspecified atom stereocenters. The number of H-pyrrole nitrogens is 1. The van der Waals surface area contributed by atoms with Crippen LogP contribution in [0.5, 0.6) is 0 Å². The van der Waals surface area contributed by atoms with Crippen LogP contribution < -0.4 is 0 Å². The first-order valence-corrected chi connectivity index (χ1v) is 12.2. The van der Waals surface area contributed by atoms with E-state index in [1.165, 1.54) is 23.9 Å². The summed E-state index contributed by atoms with van der Waals surface area (Å²) in [6, 6.07) is 18.7. The van der Waals surface area contributed by atoms with Gasteiger partial charge >= 0.3 is 0 Å². The van der Waals surface area contributed by atoms with Crippen LogP contribution in [0, 0.1) is 11.3 Å². The zero-order chi connectivity index (χ0) is 22.3. The maximum Gasteiger partial charge on any atom is 0.184 e. The van der Waals surface area contributed by atoms with Crippen LogP contribution in [0.3, 0.4) is 0 Å². The molecule has 0 saturated heterocycles. The third kappa shape index (κ3) is 4.67. The summed E-state index contributed by atoms with van der Waals surface area (Å²) < 4.78 is 24.1. The molecule has 0 atom stereocenters. The van der Waals surface area contributed by atoms with Crippen LogP contribution in [0.1, 0.15) is 5.56 Å². The summed E-state index contributed by atoms with van der Waals surface area (Å²) in [5, 5.41) is 17.4. The second-order valence-corrected chi connectivity index (χ2v) is 10.5. The molecule has 172 valence electrons. The number of aromatic amines is 1. The van der Waals surface area contributed by atoms with E-state index in [4.69, 9.17) is 0 Å². The van der Waals surface area contributed by atoms with Gasteiger partial charge in [0.05, 0.1) is 33.4 Å². The number of hydrogen-bond donors (Lipinski definition) is 1. The summed E-state index contributed by atoms with van der Waals surface area (Å²) in [6.07, 6.45) is 4.49. The predicted molar refractivity (Wildman–Crippen MR) is 138 cm³/mol. The number of nitrogens with one attached hydrogen (secondary N) is 1. The van der Waals surface area contributed by atoms with E-state index in [-0.39, 0.29) is 24.8 Å². The van der Waals surface area contributed by atoms with Crippen molar-refractivity contribution in [2.75, 3.05) is 6.26 Å². The van der Waals surface area contributed by atoms with E-state index in [1.807, 2.05) is 36.5 Å². The Morgan fingerprint density at radius 1 is 0.971 bits per heavy atom. The van der Waals surface area contributed by atoms with Crippen molar-refractivity contribution in [3.8, 4) is 39.0 Å². The van der Waals surface area contributed by atoms with E-state index >= 15 is 0 Å². The van der Waals surface area contributed by atoms with Crippen LogP contribution in [0.25, 0.3) is 43.9 Å². The van der Waals surface area contributed by atoms with Crippen molar-refractivity contribution >= 4 is 56.9 Å². The molecule has 0 bridgehead atoms. The predicted octanol–water partition coefficient (Wildman–Crippen LogP) is 5.53. The summed E-state index contributed by atoms with van der Waals surface area (Å²) in [4.78, 5) is 9.56. The maximum atomic E-state index is 11.9. The fourth-order valence-corrected chi connectivity index (χ4v) is 5.47. The summed E-state index contributed by atoms with van der Waals surface area (Å²) in [7, 11) is -3.29. The molecule has 7 nitrogen and oxygen atoms in total. The van der Waals surface area contributed by atoms with E-state index in [9.17, 15) is 13.7 Å². The highest BCUT2D eigenvalue weighted by Crippen LogP contribution is 2.36. The van der Waals surface area contributed by atoms with Crippen molar-refractivity contribution in [1.82, 2.24) is 20.2 Å². The molecule has 0 fully saturated rings. The van der Waals surface area contributed by atoms with Gasteiger partial charge in [-0.2, -0.15) is 10.4 Å². The SMILES string of the molecule is CS(=O)(=O)c1ccc(-c2ncnc3ccc(-c4c[nH]nc4-c4cccc(C#N)c4)cc23)s1.Cl.Cl. The van der Waals surface area contributed by atoms with Crippen LogP contribution >= 0.6 is 36.2 Å². The van der Waals surface area contributed by atoms with Gasteiger partial charge in [0.25, 0.3) is 0 Å². The number of rotatable bonds is 4. The number of nitriles is 1. The molecule has 0 saturated carbocycles. The first kappa shape index (κ1) is 25.3. The molecule has 0 radical (unpaired) electrons. The van der Waals surface area contributed by atoms with Crippen molar-refractivity contribution in [2.24, 2.45) is 0 Å². The minimum absolute atomic E-state index is 0. The van der Waals surface area contributed by atoms with Gasteiger partial charge in [-0.1, -0.05) is 18.2 Å². The van der Waals surface area contributed by atoms with Gasteiger partial charge in [0.15, 0.2) is 9.84 Å². The molecule has 0 aliphatic carbocycles. The van der Waals surface area contributed by atoms with Gasteiger partial charge in [-0.15, -0.1) is 36.2 Å². The molecule has 34 heavy (non-hydrogen) atoms. The smallest absolute Gasteiger partial charge is 0.184 e. The fraction of sp³-hybridized carbons (Fsp3) is 0.0435. The lowest BCUT2D eigenvalue weighted by Gasteiger charge is -2.07. The van der Waals surface area contributed by atoms with Crippen LogP contribution in [-0.2, 0) is 9.84 Å².